The maximum absolute atomic E-state index is 5.50. The van der Waals surface area contributed by atoms with E-state index in [1.807, 2.05) is 6.92 Å². The maximum Gasteiger partial charge on any atom is 0.0667 e. The molecule has 0 aromatic heterocycles. The zero-order valence-electron chi connectivity index (χ0n) is 4.31. The van der Waals surface area contributed by atoms with Crippen molar-refractivity contribution in [2.45, 2.75) is 12.5 Å². The highest BCUT2D eigenvalue weighted by atomic mass is 35.5. The van der Waals surface area contributed by atoms with E-state index in [1.165, 1.54) is 0 Å². The van der Waals surface area contributed by atoms with E-state index in [9.17, 15) is 0 Å². The van der Waals surface area contributed by atoms with Crippen molar-refractivity contribution in [3.63, 3.8) is 0 Å². The lowest BCUT2D eigenvalue weighted by atomic mass is 10.0. The fourth-order valence-corrected chi connectivity index (χ4v) is 0.424. The Morgan fingerprint density at radius 1 is 1.57 bits per heavy atom. The van der Waals surface area contributed by atoms with Crippen LogP contribution in [0.25, 0.3) is 0 Å². The van der Waals surface area contributed by atoms with Crippen molar-refractivity contribution in [2.75, 3.05) is 13.2 Å². The summed E-state index contributed by atoms with van der Waals surface area (Å²) in [6, 6.07) is 0. The second-order valence-electron chi connectivity index (χ2n) is 2.15. The molecule has 1 aliphatic rings. The maximum atomic E-state index is 5.50. The van der Waals surface area contributed by atoms with Crippen LogP contribution in [0.2, 0.25) is 0 Å². The Bertz CT molecular complexity index is 58.7. The third-order valence-corrected chi connectivity index (χ3v) is 0.864. The summed E-state index contributed by atoms with van der Waals surface area (Å²) >= 11 is 0. The summed E-state index contributed by atoms with van der Waals surface area (Å²) in [7, 11) is 0. The molecule has 1 saturated heterocycles. The predicted octanol–water partition coefficient (Wildman–Crippen LogP) is 0.156. The van der Waals surface area contributed by atoms with E-state index >= 15 is 0 Å². The lowest BCUT2D eigenvalue weighted by molar-refractivity contribution is -0.0433. The monoisotopic (exact) mass is 123 g/mol. The molecular weight excluding hydrogens is 114 g/mol. The van der Waals surface area contributed by atoms with Crippen LogP contribution in [0.15, 0.2) is 0 Å². The van der Waals surface area contributed by atoms with Gasteiger partial charge in [-0.2, -0.15) is 0 Å². The first-order valence-electron chi connectivity index (χ1n) is 2.07. The fourth-order valence-electron chi connectivity index (χ4n) is 0.424. The molecule has 2 N–H and O–H groups in total. The van der Waals surface area contributed by atoms with Gasteiger partial charge in [0.05, 0.1) is 18.8 Å². The third-order valence-electron chi connectivity index (χ3n) is 0.864. The second-order valence-corrected chi connectivity index (χ2v) is 2.15. The molecule has 0 spiro atoms. The molecule has 44 valence electrons. The van der Waals surface area contributed by atoms with Crippen LogP contribution >= 0.6 is 12.4 Å². The topological polar surface area (TPSA) is 35.2 Å². The number of ether oxygens (including phenoxy) is 1. The van der Waals surface area contributed by atoms with Gasteiger partial charge in [0, 0.05) is 0 Å². The molecule has 1 aliphatic heterocycles. The Morgan fingerprint density at radius 3 is 1.86 bits per heavy atom. The van der Waals surface area contributed by atoms with Gasteiger partial charge in [-0.05, 0) is 6.92 Å². The van der Waals surface area contributed by atoms with Crippen molar-refractivity contribution in [3.05, 3.63) is 0 Å². The minimum Gasteiger partial charge on any atom is -0.377 e. The second kappa shape index (κ2) is 1.99. The van der Waals surface area contributed by atoms with Crippen LogP contribution in [0.4, 0.5) is 0 Å². The molecule has 1 fully saturated rings. The molecular formula is C4H10ClNO. The number of halogens is 1. The summed E-state index contributed by atoms with van der Waals surface area (Å²) in [5.74, 6) is 0. The number of hydrogen-bond acceptors (Lipinski definition) is 2. The summed E-state index contributed by atoms with van der Waals surface area (Å²) in [5, 5.41) is 0. The Hall–Kier alpha value is 0.210. The van der Waals surface area contributed by atoms with Gasteiger partial charge in [0.25, 0.3) is 0 Å². The van der Waals surface area contributed by atoms with Crippen molar-refractivity contribution in [1.29, 1.82) is 0 Å². The standard InChI is InChI=1S/C4H9NO.ClH/c1-4(5)2-6-3-4;/h2-3,5H2,1H3;1H. The number of nitrogens with two attached hydrogens (primary N) is 1. The quantitative estimate of drug-likeness (QED) is 0.498. The summed E-state index contributed by atoms with van der Waals surface area (Å²) in [6.45, 7) is 3.44. The highest BCUT2D eigenvalue weighted by Crippen LogP contribution is 2.09. The van der Waals surface area contributed by atoms with Gasteiger partial charge in [0.2, 0.25) is 0 Å². The number of rotatable bonds is 0. The summed E-state index contributed by atoms with van der Waals surface area (Å²) in [6.07, 6.45) is 0. The molecule has 0 aromatic rings. The average Bonchev–Trinajstić information content (AvgIpc) is 1.32. The summed E-state index contributed by atoms with van der Waals surface area (Å²) in [5.41, 5.74) is 5.50. The van der Waals surface area contributed by atoms with E-state index in [2.05, 4.69) is 0 Å². The SMILES string of the molecule is CC1(N)COC1.Cl. The summed E-state index contributed by atoms with van der Waals surface area (Å²) in [4.78, 5) is 0. The van der Waals surface area contributed by atoms with Gasteiger partial charge in [-0.15, -0.1) is 12.4 Å². The minimum atomic E-state index is 0. The van der Waals surface area contributed by atoms with Gasteiger partial charge in [0.15, 0.2) is 0 Å². The molecule has 3 heteroatoms. The Kier molecular flexibility index (Phi) is 2.05. The van der Waals surface area contributed by atoms with E-state index in [-0.39, 0.29) is 17.9 Å². The Labute approximate surface area is 49.4 Å². The van der Waals surface area contributed by atoms with Crippen molar-refractivity contribution in [3.8, 4) is 0 Å². The zero-order chi connectivity index (χ0) is 4.62. The van der Waals surface area contributed by atoms with Gasteiger partial charge in [-0.3, -0.25) is 0 Å². The molecule has 0 aromatic carbocycles. The van der Waals surface area contributed by atoms with Crippen LogP contribution in [0, 0.1) is 0 Å². The van der Waals surface area contributed by atoms with Gasteiger partial charge < -0.3 is 10.5 Å². The molecule has 1 rings (SSSR count). The van der Waals surface area contributed by atoms with Crippen molar-refractivity contribution in [1.82, 2.24) is 0 Å². The largest absolute Gasteiger partial charge is 0.377 e. The normalized spacial score (nSPS) is 24.9. The van der Waals surface area contributed by atoms with Crippen LogP contribution < -0.4 is 5.73 Å². The van der Waals surface area contributed by atoms with Crippen LogP contribution in [0.5, 0.6) is 0 Å². The number of hydrogen-bond donors (Lipinski definition) is 1. The molecule has 0 amide bonds. The molecule has 0 unspecified atom stereocenters. The van der Waals surface area contributed by atoms with E-state index in [1.54, 1.807) is 0 Å². The lowest BCUT2D eigenvalue weighted by Crippen LogP contribution is -2.54. The molecule has 0 bridgehead atoms. The first-order chi connectivity index (χ1) is 2.71. The summed E-state index contributed by atoms with van der Waals surface area (Å²) < 4.78 is 4.81. The van der Waals surface area contributed by atoms with Gasteiger partial charge >= 0.3 is 0 Å². The van der Waals surface area contributed by atoms with Gasteiger partial charge in [-0.1, -0.05) is 0 Å². The van der Waals surface area contributed by atoms with Crippen LogP contribution in [0.3, 0.4) is 0 Å². The molecule has 7 heavy (non-hydrogen) atoms. The third kappa shape index (κ3) is 1.63. The Balaban J connectivity index is 0.000000360. The molecule has 2 nitrogen and oxygen atoms in total. The Morgan fingerprint density at radius 2 is 1.86 bits per heavy atom. The fraction of sp³-hybridized carbons (Fsp3) is 1.00. The molecule has 0 atom stereocenters. The highest BCUT2D eigenvalue weighted by Gasteiger charge is 2.27. The highest BCUT2D eigenvalue weighted by molar-refractivity contribution is 5.85. The van der Waals surface area contributed by atoms with E-state index in [0.717, 1.165) is 13.2 Å². The molecule has 0 aliphatic carbocycles. The van der Waals surface area contributed by atoms with Gasteiger partial charge in [-0.25, -0.2) is 0 Å². The van der Waals surface area contributed by atoms with E-state index in [0.29, 0.717) is 0 Å². The molecule has 1 heterocycles. The van der Waals surface area contributed by atoms with E-state index < -0.39 is 0 Å². The van der Waals surface area contributed by atoms with Crippen LogP contribution in [-0.4, -0.2) is 18.8 Å². The predicted molar refractivity (Wildman–Crippen MR) is 30.7 cm³/mol. The molecule has 0 saturated carbocycles. The zero-order valence-corrected chi connectivity index (χ0v) is 5.12. The lowest BCUT2D eigenvalue weighted by Gasteiger charge is -2.33. The minimum absolute atomic E-state index is 0. The van der Waals surface area contributed by atoms with Crippen molar-refractivity contribution >= 4 is 12.4 Å². The van der Waals surface area contributed by atoms with Gasteiger partial charge in [0.1, 0.15) is 0 Å². The van der Waals surface area contributed by atoms with E-state index in [4.69, 9.17) is 10.5 Å². The molecule has 0 radical (unpaired) electrons. The van der Waals surface area contributed by atoms with Crippen molar-refractivity contribution < 1.29 is 4.74 Å². The van der Waals surface area contributed by atoms with Crippen molar-refractivity contribution in [2.24, 2.45) is 5.73 Å². The van der Waals surface area contributed by atoms with Crippen LogP contribution in [0.1, 0.15) is 6.92 Å². The average molecular weight is 124 g/mol. The smallest absolute Gasteiger partial charge is 0.0667 e. The first kappa shape index (κ1) is 7.21. The van der Waals surface area contributed by atoms with Crippen LogP contribution in [-0.2, 0) is 4.74 Å². The first-order valence-corrected chi connectivity index (χ1v) is 2.07.